The molecule has 0 saturated carbocycles. The van der Waals surface area contributed by atoms with Gasteiger partial charge in [0, 0.05) is 5.56 Å². The summed E-state index contributed by atoms with van der Waals surface area (Å²) in [7, 11) is 0. The highest BCUT2D eigenvalue weighted by atomic mass is 32.1. The van der Waals surface area contributed by atoms with E-state index in [1.165, 1.54) is 10.8 Å². The zero-order valence-electron chi connectivity index (χ0n) is 11.7. The number of benzene rings is 3. The average molecular weight is 303 g/mol. The number of nitrogens with one attached hydrogen (secondary N) is 1. The number of hydrogen-bond donors (Lipinski definition) is 1. The number of nitrogens with zero attached hydrogens (tertiary/aromatic N) is 2. The normalized spacial score (nSPS) is 11.5. The second-order valence-corrected chi connectivity index (χ2v) is 5.96. The van der Waals surface area contributed by atoms with E-state index in [2.05, 4.69) is 45.8 Å². The van der Waals surface area contributed by atoms with Crippen molar-refractivity contribution < 1.29 is 0 Å². The average Bonchev–Trinajstić information content (AvgIpc) is 2.98. The minimum absolute atomic E-state index is 0.803. The number of fused-ring (bicyclic) bond motifs is 2. The van der Waals surface area contributed by atoms with E-state index in [1.807, 2.05) is 42.6 Å². The summed E-state index contributed by atoms with van der Waals surface area (Å²) in [6, 6.07) is 22.6. The maximum absolute atomic E-state index is 4.50. The van der Waals surface area contributed by atoms with Crippen LogP contribution in [0.2, 0.25) is 0 Å². The first-order valence-electron chi connectivity index (χ1n) is 7.02. The van der Waals surface area contributed by atoms with E-state index in [9.17, 15) is 0 Å². The molecule has 4 heteroatoms. The van der Waals surface area contributed by atoms with Gasteiger partial charge in [0.1, 0.15) is 0 Å². The van der Waals surface area contributed by atoms with Crippen molar-refractivity contribution in [2.45, 2.75) is 0 Å². The predicted octanol–water partition coefficient (Wildman–Crippen LogP) is 4.90. The van der Waals surface area contributed by atoms with E-state index in [0.29, 0.717) is 0 Å². The first kappa shape index (κ1) is 13.0. The predicted molar refractivity (Wildman–Crippen MR) is 94.8 cm³/mol. The first-order chi connectivity index (χ1) is 10.9. The van der Waals surface area contributed by atoms with Gasteiger partial charge in [-0.15, -0.1) is 0 Å². The molecule has 1 N–H and O–H groups in total. The van der Waals surface area contributed by atoms with Crippen LogP contribution in [0.4, 0.5) is 5.13 Å². The number of para-hydroxylation sites is 1. The van der Waals surface area contributed by atoms with Crippen LogP contribution in [0.25, 0.3) is 21.0 Å². The summed E-state index contributed by atoms with van der Waals surface area (Å²) in [5.74, 6) is 0. The van der Waals surface area contributed by atoms with Gasteiger partial charge in [0.2, 0.25) is 5.13 Å². The van der Waals surface area contributed by atoms with Crippen LogP contribution >= 0.6 is 11.3 Å². The SMILES string of the molecule is C(=N/Nc1nc2ccccc2s1)/c1cccc2ccccc12. The summed E-state index contributed by atoms with van der Waals surface area (Å²) in [6.07, 6.45) is 1.84. The lowest BCUT2D eigenvalue weighted by Crippen LogP contribution is -1.90. The van der Waals surface area contributed by atoms with Crippen LogP contribution in [-0.2, 0) is 0 Å². The van der Waals surface area contributed by atoms with Crippen molar-refractivity contribution in [2.24, 2.45) is 5.10 Å². The molecule has 4 rings (SSSR count). The van der Waals surface area contributed by atoms with Gasteiger partial charge in [-0.2, -0.15) is 5.10 Å². The molecule has 0 bridgehead atoms. The van der Waals surface area contributed by atoms with Gasteiger partial charge >= 0.3 is 0 Å². The number of hydrogen-bond acceptors (Lipinski definition) is 4. The summed E-state index contributed by atoms with van der Waals surface area (Å²) in [5, 5.41) is 7.54. The van der Waals surface area contributed by atoms with Gasteiger partial charge in [-0.25, -0.2) is 4.98 Å². The number of thiazole rings is 1. The Labute approximate surface area is 131 Å². The maximum Gasteiger partial charge on any atom is 0.204 e. The fraction of sp³-hybridized carbons (Fsp3) is 0. The van der Waals surface area contributed by atoms with E-state index in [1.54, 1.807) is 11.3 Å². The van der Waals surface area contributed by atoms with Crippen LogP contribution in [0.5, 0.6) is 0 Å². The van der Waals surface area contributed by atoms with Gasteiger partial charge in [0.15, 0.2) is 0 Å². The Morgan fingerprint density at radius 2 is 1.73 bits per heavy atom. The summed E-state index contributed by atoms with van der Waals surface area (Å²) in [6.45, 7) is 0. The molecule has 0 unspecified atom stereocenters. The lowest BCUT2D eigenvalue weighted by Gasteiger charge is -2.01. The zero-order chi connectivity index (χ0) is 14.8. The molecular weight excluding hydrogens is 290 g/mol. The second kappa shape index (κ2) is 5.58. The molecule has 0 radical (unpaired) electrons. The highest BCUT2D eigenvalue weighted by Crippen LogP contribution is 2.25. The minimum Gasteiger partial charge on any atom is -0.253 e. The van der Waals surface area contributed by atoms with E-state index in [4.69, 9.17) is 0 Å². The van der Waals surface area contributed by atoms with Crippen LogP contribution in [-0.4, -0.2) is 11.2 Å². The van der Waals surface area contributed by atoms with Crippen LogP contribution < -0.4 is 5.43 Å². The largest absolute Gasteiger partial charge is 0.253 e. The zero-order valence-corrected chi connectivity index (χ0v) is 12.5. The topological polar surface area (TPSA) is 37.3 Å². The van der Waals surface area contributed by atoms with Gasteiger partial charge in [-0.05, 0) is 22.9 Å². The Hall–Kier alpha value is -2.72. The number of hydrazone groups is 1. The Balaban J connectivity index is 1.61. The quantitative estimate of drug-likeness (QED) is 0.432. The molecule has 3 nitrogen and oxygen atoms in total. The molecule has 0 aliphatic heterocycles. The molecule has 0 atom stereocenters. The highest BCUT2D eigenvalue weighted by Gasteiger charge is 2.01. The van der Waals surface area contributed by atoms with E-state index < -0.39 is 0 Å². The third-order valence-electron chi connectivity index (χ3n) is 3.48. The van der Waals surface area contributed by atoms with Gasteiger partial charge in [0.25, 0.3) is 0 Å². The smallest absolute Gasteiger partial charge is 0.204 e. The van der Waals surface area contributed by atoms with Crippen molar-refractivity contribution in [3.05, 3.63) is 72.3 Å². The fourth-order valence-corrected chi connectivity index (χ4v) is 3.26. The van der Waals surface area contributed by atoms with Gasteiger partial charge < -0.3 is 0 Å². The monoisotopic (exact) mass is 303 g/mol. The van der Waals surface area contributed by atoms with Gasteiger partial charge in [0.05, 0.1) is 16.4 Å². The summed E-state index contributed by atoms with van der Waals surface area (Å²) < 4.78 is 1.16. The van der Waals surface area contributed by atoms with Crippen molar-refractivity contribution >= 4 is 43.7 Å². The van der Waals surface area contributed by atoms with Gasteiger partial charge in [-0.3, -0.25) is 5.43 Å². The lowest BCUT2D eigenvalue weighted by molar-refractivity contribution is 1.31. The molecule has 106 valence electrons. The molecule has 0 fully saturated rings. The molecule has 1 aromatic heterocycles. The molecule has 0 aliphatic rings. The summed E-state index contributed by atoms with van der Waals surface area (Å²) in [5.41, 5.74) is 5.11. The maximum atomic E-state index is 4.50. The molecular formula is C18H13N3S. The van der Waals surface area contributed by atoms with E-state index in [0.717, 1.165) is 20.9 Å². The molecule has 1 heterocycles. The molecule has 0 aliphatic carbocycles. The van der Waals surface area contributed by atoms with Crippen molar-refractivity contribution in [1.29, 1.82) is 0 Å². The van der Waals surface area contributed by atoms with E-state index in [-0.39, 0.29) is 0 Å². The number of aromatic nitrogens is 1. The Kier molecular flexibility index (Phi) is 3.29. The Morgan fingerprint density at radius 1 is 0.909 bits per heavy atom. The third-order valence-corrected chi connectivity index (χ3v) is 4.42. The molecule has 3 aromatic carbocycles. The van der Waals surface area contributed by atoms with Crippen molar-refractivity contribution in [3.63, 3.8) is 0 Å². The second-order valence-electron chi connectivity index (χ2n) is 4.93. The van der Waals surface area contributed by atoms with Crippen molar-refractivity contribution in [2.75, 3.05) is 5.43 Å². The molecule has 0 spiro atoms. The number of rotatable bonds is 3. The van der Waals surface area contributed by atoms with Crippen LogP contribution in [0.15, 0.2) is 71.8 Å². The van der Waals surface area contributed by atoms with E-state index >= 15 is 0 Å². The van der Waals surface area contributed by atoms with Crippen LogP contribution in [0.1, 0.15) is 5.56 Å². The summed E-state index contributed by atoms with van der Waals surface area (Å²) >= 11 is 1.60. The molecule has 0 saturated heterocycles. The van der Waals surface area contributed by atoms with Crippen molar-refractivity contribution in [3.8, 4) is 0 Å². The fourth-order valence-electron chi connectivity index (χ4n) is 2.44. The van der Waals surface area contributed by atoms with Gasteiger partial charge in [-0.1, -0.05) is 65.9 Å². The third kappa shape index (κ3) is 2.44. The van der Waals surface area contributed by atoms with Crippen molar-refractivity contribution in [1.82, 2.24) is 4.98 Å². The Bertz CT molecular complexity index is 934. The molecule has 0 amide bonds. The number of anilines is 1. The highest BCUT2D eigenvalue weighted by molar-refractivity contribution is 7.22. The standard InChI is InChI=1S/C18H13N3S/c1-2-9-15-13(6-1)7-5-8-14(15)12-19-21-18-20-16-10-3-4-11-17(16)22-18/h1-12H,(H,20,21)/b19-12-. The Morgan fingerprint density at radius 3 is 2.68 bits per heavy atom. The lowest BCUT2D eigenvalue weighted by atomic mass is 10.1. The molecule has 4 aromatic rings. The minimum atomic E-state index is 0.803. The first-order valence-corrected chi connectivity index (χ1v) is 7.84. The summed E-state index contributed by atoms with van der Waals surface area (Å²) in [4.78, 5) is 4.50. The molecule has 22 heavy (non-hydrogen) atoms. The van der Waals surface area contributed by atoms with Crippen LogP contribution in [0, 0.1) is 0 Å². The van der Waals surface area contributed by atoms with Crippen LogP contribution in [0.3, 0.4) is 0 Å².